The topological polar surface area (TPSA) is 42.4 Å². The van der Waals surface area contributed by atoms with E-state index in [0.717, 1.165) is 10.5 Å². The Balaban J connectivity index is 2.11. The van der Waals surface area contributed by atoms with Gasteiger partial charge in [0.1, 0.15) is 11.0 Å². The van der Waals surface area contributed by atoms with Crippen molar-refractivity contribution in [2.24, 2.45) is 0 Å². The molecule has 2 aromatic rings. The summed E-state index contributed by atoms with van der Waals surface area (Å²) in [7, 11) is 3.30. The van der Waals surface area contributed by atoms with Crippen molar-refractivity contribution >= 4 is 27.5 Å². The molecule has 0 fully saturated rings. The maximum absolute atomic E-state index is 11.4. The van der Waals surface area contributed by atoms with Gasteiger partial charge in [-0.15, -0.1) is 11.3 Å². The van der Waals surface area contributed by atoms with Gasteiger partial charge in [0.25, 0.3) is 0 Å². The van der Waals surface area contributed by atoms with Crippen molar-refractivity contribution in [3.63, 3.8) is 0 Å². The largest absolute Gasteiger partial charge is 0.468 e. The minimum atomic E-state index is -0.262. The Morgan fingerprint density at radius 3 is 2.89 bits per heavy atom. The molecular formula is C13H16N2O2S. The molecular weight excluding hydrogens is 248 g/mol. The summed E-state index contributed by atoms with van der Waals surface area (Å²) in [6.07, 6.45) is 0. The van der Waals surface area contributed by atoms with Crippen LogP contribution in [0.2, 0.25) is 0 Å². The van der Waals surface area contributed by atoms with Crippen LogP contribution in [0.15, 0.2) is 24.3 Å². The molecule has 1 atom stereocenters. The van der Waals surface area contributed by atoms with Crippen molar-refractivity contribution in [2.45, 2.75) is 19.5 Å². The van der Waals surface area contributed by atoms with Crippen molar-refractivity contribution < 1.29 is 9.53 Å². The van der Waals surface area contributed by atoms with E-state index in [1.165, 1.54) is 11.8 Å². The number of thiazole rings is 1. The maximum Gasteiger partial charge on any atom is 0.322 e. The van der Waals surface area contributed by atoms with Crippen LogP contribution in [0.4, 0.5) is 0 Å². The number of rotatable bonds is 4. The lowest BCUT2D eigenvalue weighted by Gasteiger charge is -2.20. The monoisotopic (exact) mass is 264 g/mol. The third-order valence-corrected chi connectivity index (χ3v) is 3.95. The Morgan fingerprint density at radius 1 is 1.50 bits per heavy atom. The van der Waals surface area contributed by atoms with E-state index < -0.39 is 0 Å². The van der Waals surface area contributed by atoms with Crippen LogP contribution in [0.1, 0.15) is 11.9 Å². The van der Waals surface area contributed by atoms with Gasteiger partial charge in [-0.2, -0.15) is 0 Å². The van der Waals surface area contributed by atoms with Gasteiger partial charge in [-0.05, 0) is 26.1 Å². The minimum Gasteiger partial charge on any atom is -0.468 e. The molecule has 96 valence electrons. The second-order valence-electron chi connectivity index (χ2n) is 4.19. The highest BCUT2D eigenvalue weighted by Crippen LogP contribution is 2.22. The van der Waals surface area contributed by atoms with Crippen molar-refractivity contribution in [2.75, 3.05) is 14.2 Å². The number of nitrogens with zero attached hydrogens (tertiary/aromatic N) is 2. The highest BCUT2D eigenvalue weighted by Gasteiger charge is 2.19. The third kappa shape index (κ3) is 2.68. The molecule has 1 heterocycles. The lowest BCUT2D eigenvalue weighted by atomic mass is 10.3. The van der Waals surface area contributed by atoms with E-state index in [-0.39, 0.29) is 12.0 Å². The molecule has 0 amide bonds. The zero-order valence-electron chi connectivity index (χ0n) is 10.7. The second kappa shape index (κ2) is 5.46. The number of hydrogen-bond acceptors (Lipinski definition) is 5. The molecule has 0 saturated heterocycles. The highest BCUT2D eigenvalue weighted by atomic mass is 32.1. The van der Waals surface area contributed by atoms with Crippen LogP contribution in [-0.4, -0.2) is 36.1 Å². The summed E-state index contributed by atoms with van der Waals surface area (Å²) in [5, 5.41) is 1.01. The van der Waals surface area contributed by atoms with Crippen LogP contribution in [0.25, 0.3) is 10.2 Å². The fourth-order valence-corrected chi connectivity index (χ4v) is 2.72. The first-order valence-corrected chi connectivity index (χ1v) is 6.56. The number of ether oxygens (including phenoxy) is 1. The number of esters is 1. The summed E-state index contributed by atoms with van der Waals surface area (Å²) < 4.78 is 5.90. The molecule has 5 heteroatoms. The summed E-state index contributed by atoms with van der Waals surface area (Å²) in [5.74, 6) is -0.224. The predicted octanol–water partition coefficient (Wildman–Crippen LogP) is 2.29. The fraction of sp³-hybridized carbons (Fsp3) is 0.385. The number of benzene rings is 1. The number of fused-ring (bicyclic) bond motifs is 1. The molecule has 0 saturated carbocycles. The second-order valence-corrected chi connectivity index (χ2v) is 5.30. The van der Waals surface area contributed by atoms with Gasteiger partial charge in [0, 0.05) is 0 Å². The van der Waals surface area contributed by atoms with Crippen LogP contribution >= 0.6 is 11.3 Å². The van der Waals surface area contributed by atoms with E-state index in [0.29, 0.717) is 6.54 Å². The number of para-hydroxylation sites is 1. The van der Waals surface area contributed by atoms with Gasteiger partial charge < -0.3 is 4.74 Å². The van der Waals surface area contributed by atoms with Crippen LogP contribution < -0.4 is 0 Å². The maximum atomic E-state index is 11.4. The molecule has 2 rings (SSSR count). The van der Waals surface area contributed by atoms with Gasteiger partial charge in [0.05, 0.1) is 23.9 Å². The lowest BCUT2D eigenvalue weighted by molar-refractivity contribution is -0.145. The van der Waals surface area contributed by atoms with Gasteiger partial charge in [0.2, 0.25) is 0 Å². The highest BCUT2D eigenvalue weighted by molar-refractivity contribution is 7.18. The van der Waals surface area contributed by atoms with E-state index in [2.05, 4.69) is 11.1 Å². The SMILES string of the molecule is COC(=O)C(C)N(C)Cc1nc2ccccc2s1. The van der Waals surface area contributed by atoms with E-state index in [4.69, 9.17) is 4.74 Å². The van der Waals surface area contributed by atoms with Gasteiger partial charge in [-0.25, -0.2) is 4.98 Å². The molecule has 1 aromatic carbocycles. The summed E-state index contributed by atoms with van der Waals surface area (Å²) in [6, 6.07) is 7.78. The Labute approximate surface area is 110 Å². The van der Waals surface area contributed by atoms with E-state index in [1.807, 2.05) is 37.1 Å². The Kier molecular flexibility index (Phi) is 3.93. The first-order valence-electron chi connectivity index (χ1n) is 5.74. The summed E-state index contributed by atoms with van der Waals surface area (Å²) in [4.78, 5) is 17.9. The summed E-state index contributed by atoms with van der Waals surface area (Å²) in [6.45, 7) is 2.48. The summed E-state index contributed by atoms with van der Waals surface area (Å²) in [5.41, 5.74) is 1.01. The molecule has 0 spiro atoms. The lowest BCUT2D eigenvalue weighted by Crippen LogP contribution is -2.36. The first-order chi connectivity index (χ1) is 8.61. The number of likely N-dealkylation sites (N-methyl/N-ethyl adjacent to an activating group) is 1. The van der Waals surface area contributed by atoms with Crippen molar-refractivity contribution in [3.05, 3.63) is 29.3 Å². The number of aromatic nitrogens is 1. The van der Waals surface area contributed by atoms with Crippen LogP contribution in [0, 0.1) is 0 Å². The number of methoxy groups -OCH3 is 1. The van der Waals surface area contributed by atoms with E-state index in [9.17, 15) is 4.79 Å². The molecule has 1 aromatic heterocycles. The number of hydrogen-bond donors (Lipinski definition) is 0. The van der Waals surface area contributed by atoms with Crippen LogP contribution in [-0.2, 0) is 16.1 Å². The van der Waals surface area contributed by atoms with Gasteiger partial charge in [0.15, 0.2) is 0 Å². The molecule has 0 radical (unpaired) electrons. The molecule has 1 unspecified atom stereocenters. The Hall–Kier alpha value is -1.46. The van der Waals surface area contributed by atoms with Gasteiger partial charge in [-0.1, -0.05) is 12.1 Å². The molecule has 0 bridgehead atoms. The Morgan fingerprint density at radius 2 is 2.22 bits per heavy atom. The molecule has 0 aliphatic heterocycles. The smallest absolute Gasteiger partial charge is 0.322 e. The minimum absolute atomic E-state index is 0.224. The normalized spacial score (nSPS) is 12.9. The van der Waals surface area contributed by atoms with E-state index in [1.54, 1.807) is 11.3 Å². The van der Waals surface area contributed by atoms with Crippen molar-refractivity contribution in [1.29, 1.82) is 0 Å². The number of carbonyl (C=O) groups is 1. The van der Waals surface area contributed by atoms with Gasteiger partial charge >= 0.3 is 5.97 Å². The quantitative estimate of drug-likeness (QED) is 0.795. The third-order valence-electron chi connectivity index (χ3n) is 2.93. The average Bonchev–Trinajstić information content (AvgIpc) is 2.78. The molecule has 18 heavy (non-hydrogen) atoms. The molecule has 0 N–H and O–H groups in total. The fourth-order valence-electron chi connectivity index (χ4n) is 1.69. The predicted molar refractivity (Wildman–Crippen MR) is 72.6 cm³/mol. The van der Waals surface area contributed by atoms with Crippen LogP contribution in [0.3, 0.4) is 0 Å². The Bertz CT molecular complexity index is 520. The van der Waals surface area contributed by atoms with Crippen molar-refractivity contribution in [3.8, 4) is 0 Å². The summed E-state index contributed by atoms with van der Waals surface area (Å²) >= 11 is 1.66. The zero-order valence-corrected chi connectivity index (χ0v) is 11.5. The molecule has 4 nitrogen and oxygen atoms in total. The van der Waals surface area contributed by atoms with Gasteiger partial charge in [-0.3, -0.25) is 9.69 Å². The van der Waals surface area contributed by atoms with E-state index >= 15 is 0 Å². The first kappa shape index (κ1) is 13.0. The van der Waals surface area contributed by atoms with Crippen LogP contribution in [0.5, 0.6) is 0 Å². The molecule has 0 aliphatic carbocycles. The van der Waals surface area contributed by atoms with Crippen molar-refractivity contribution in [1.82, 2.24) is 9.88 Å². The number of carbonyl (C=O) groups excluding carboxylic acids is 1. The standard InChI is InChI=1S/C13H16N2O2S/c1-9(13(16)17-3)15(2)8-12-14-10-6-4-5-7-11(10)18-12/h4-7,9H,8H2,1-3H3. The zero-order chi connectivity index (χ0) is 13.1. The average molecular weight is 264 g/mol. The molecule has 0 aliphatic rings.